The smallest absolute Gasteiger partial charge is 0.271 e. The number of rotatable bonds is 3. The Balaban J connectivity index is 2.31. The van der Waals surface area contributed by atoms with E-state index in [0.717, 1.165) is 19.4 Å². The summed E-state index contributed by atoms with van der Waals surface area (Å²) in [5, 5.41) is 10.7. The molecule has 0 radical (unpaired) electrons. The normalized spacial score (nSPS) is 18.1. The van der Waals surface area contributed by atoms with E-state index >= 15 is 0 Å². The molecule has 1 fully saturated rings. The second-order valence-electron chi connectivity index (χ2n) is 5.08. The number of carbonyl (C=O) groups excluding carboxylic acids is 1. The van der Waals surface area contributed by atoms with Crippen LogP contribution in [0.1, 0.15) is 12.8 Å². The molecule has 0 spiro atoms. The monoisotopic (exact) mass is 278 g/mol. The van der Waals surface area contributed by atoms with Gasteiger partial charge in [-0.3, -0.25) is 14.9 Å². The summed E-state index contributed by atoms with van der Waals surface area (Å²) in [6, 6.07) is 4.13. The molecule has 1 aromatic carbocycles. The molecule has 1 heterocycles. The molecular weight excluding hydrogens is 260 g/mol. The Bertz CT molecular complexity index is 544. The van der Waals surface area contributed by atoms with Crippen molar-refractivity contribution in [3.63, 3.8) is 0 Å². The molecular formula is C13H18N4O3. The summed E-state index contributed by atoms with van der Waals surface area (Å²) in [4.78, 5) is 25.9. The van der Waals surface area contributed by atoms with Gasteiger partial charge in [-0.05, 0) is 18.9 Å². The lowest BCUT2D eigenvalue weighted by Crippen LogP contribution is -2.43. The van der Waals surface area contributed by atoms with Gasteiger partial charge in [-0.15, -0.1) is 0 Å². The van der Waals surface area contributed by atoms with Gasteiger partial charge < -0.3 is 15.5 Å². The predicted octanol–water partition coefficient (Wildman–Crippen LogP) is 1.23. The Morgan fingerprint density at radius 2 is 2.20 bits per heavy atom. The third-order valence-electron chi connectivity index (χ3n) is 3.51. The quantitative estimate of drug-likeness (QED) is 0.510. The zero-order chi connectivity index (χ0) is 14.9. The third-order valence-corrected chi connectivity index (χ3v) is 3.51. The number of carbonyl (C=O) groups is 1. The van der Waals surface area contributed by atoms with Crippen molar-refractivity contribution in [2.24, 2.45) is 0 Å². The molecule has 1 amide bonds. The van der Waals surface area contributed by atoms with Crippen LogP contribution in [0.15, 0.2) is 18.2 Å². The largest absolute Gasteiger partial charge is 0.397 e. The van der Waals surface area contributed by atoms with Gasteiger partial charge in [-0.1, -0.05) is 0 Å². The Morgan fingerprint density at radius 3 is 2.75 bits per heavy atom. The zero-order valence-electron chi connectivity index (χ0n) is 11.6. The lowest BCUT2D eigenvalue weighted by Gasteiger charge is -2.28. The molecule has 1 aliphatic heterocycles. The van der Waals surface area contributed by atoms with Gasteiger partial charge >= 0.3 is 0 Å². The van der Waals surface area contributed by atoms with Gasteiger partial charge in [0.15, 0.2) is 0 Å². The average molecular weight is 278 g/mol. The van der Waals surface area contributed by atoms with E-state index in [1.54, 1.807) is 25.1 Å². The van der Waals surface area contributed by atoms with Crippen molar-refractivity contribution in [1.82, 2.24) is 4.90 Å². The molecule has 0 saturated carbocycles. The van der Waals surface area contributed by atoms with Crippen molar-refractivity contribution in [2.75, 3.05) is 31.3 Å². The lowest BCUT2D eigenvalue weighted by molar-refractivity contribution is -0.384. The van der Waals surface area contributed by atoms with Crippen molar-refractivity contribution in [1.29, 1.82) is 0 Å². The Morgan fingerprint density at radius 1 is 1.50 bits per heavy atom. The van der Waals surface area contributed by atoms with Crippen LogP contribution in [-0.2, 0) is 4.79 Å². The highest BCUT2D eigenvalue weighted by Crippen LogP contribution is 2.33. The molecule has 108 valence electrons. The SMILES string of the molecule is CN(C)C(=O)C1CCCN1c1ccc([N+](=O)[O-])cc1N. The minimum Gasteiger partial charge on any atom is -0.397 e. The van der Waals surface area contributed by atoms with Crippen molar-refractivity contribution in [2.45, 2.75) is 18.9 Å². The van der Waals surface area contributed by atoms with Crippen LogP contribution in [0.4, 0.5) is 17.1 Å². The van der Waals surface area contributed by atoms with Crippen LogP contribution in [0.3, 0.4) is 0 Å². The molecule has 0 aliphatic carbocycles. The Hall–Kier alpha value is -2.31. The molecule has 2 N–H and O–H groups in total. The van der Waals surface area contributed by atoms with Gasteiger partial charge in [0.25, 0.3) is 5.69 Å². The second-order valence-corrected chi connectivity index (χ2v) is 5.08. The number of nitro groups is 1. The van der Waals surface area contributed by atoms with Gasteiger partial charge in [0.05, 0.1) is 16.3 Å². The number of hydrogen-bond donors (Lipinski definition) is 1. The summed E-state index contributed by atoms with van der Waals surface area (Å²) in [6.45, 7) is 0.728. The van der Waals surface area contributed by atoms with Gasteiger partial charge in [-0.25, -0.2) is 0 Å². The van der Waals surface area contributed by atoms with E-state index in [1.165, 1.54) is 12.1 Å². The van der Waals surface area contributed by atoms with Crippen LogP contribution in [0.2, 0.25) is 0 Å². The van der Waals surface area contributed by atoms with Crippen LogP contribution in [0.25, 0.3) is 0 Å². The molecule has 0 aromatic heterocycles. The standard InChI is InChI=1S/C13H18N4O3/c1-15(2)13(18)12-4-3-7-16(12)11-6-5-9(17(19)20)8-10(11)14/h5-6,8,12H,3-4,7,14H2,1-2H3. The topological polar surface area (TPSA) is 92.7 Å². The number of non-ortho nitro benzene ring substituents is 1. The molecule has 1 saturated heterocycles. The van der Waals surface area contributed by atoms with Crippen molar-refractivity contribution < 1.29 is 9.72 Å². The fourth-order valence-electron chi connectivity index (χ4n) is 2.53. The van der Waals surface area contributed by atoms with Gasteiger partial charge in [0, 0.05) is 32.8 Å². The Labute approximate surface area is 117 Å². The number of benzene rings is 1. The summed E-state index contributed by atoms with van der Waals surface area (Å²) in [5.41, 5.74) is 6.89. The van der Waals surface area contributed by atoms with Crippen LogP contribution in [-0.4, -0.2) is 42.4 Å². The molecule has 7 heteroatoms. The maximum atomic E-state index is 12.2. The van der Waals surface area contributed by atoms with E-state index in [9.17, 15) is 14.9 Å². The molecule has 20 heavy (non-hydrogen) atoms. The number of nitro benzene ring substituents is 1. The third kappa shape index (κ3) is 2.52. The summed E-state index contributed by atoms with van der Waals surface area (Å²) >= 11 is 0. The zero-order valence-corrected chi connectivity index (χ0v) is 11.6. The van der Waals surface area contributed by atoms with Crippen molar-refractivity contribution >= 4 is 23.0 Å². The van der Waals surface area contributed by atoms with E-state index < -0.39 is 4.92 Å². The van der Waals surface area contributed by atoms with E-state index in [2.05, 4.69) is 0 Å². The number of anilines is 2. The minimum atomic E-state index is -0.480. The number of hydrogen-bond acceptors (Lipinski definition) is 5. The number of nitrogen functional groups attached to an aromatic ring is 1. The first-order chi connectivity index (χ1) is 9.41. The summed E-state index contributed by atoms with van der Waals surface area (Å²) in [6.07, 6.45) is 1.67. The fraction of sp³-hybridized carbons (Fsp3) is 0.462. The highest BCUT2D eigenvalue weighted by Gasteiger charge is 2.33. The maximum Gasteiger partial charge on any atom is 0.271 e. The molecule has 1 unspecified atom stereocenters. The van der Waals surface area contributed by atoms with Gasteiger partial charge in [0.2, 0.25) is 5.91 Å². The first-order valence-electron chi connectivity index (χ1n) is 6.43. The number of nitrogens with two attached hydrogens (primary N) is 1. The predicted molar refractivity (Wildman–Crippen MR) is 76.6 cm³/mol. The van der Waals surface area contributed by atoms with Crippen molar-refractivity contribution in [3.05, 3.63) is 28.3 Å². The van der Waals surface area contributed by atoms with Crippen LogP contribution in [0.5, 0.6) is 0 Å². The number of amides is 1. The molecule has 1 aliphatic rings. The minimum absolute atomic E-state index is 0.0280. The molecule has 2 rings (SSSR count). The second kappa shape index (κ2) is 5.36. The summed E-state index contributed by atoms with van der Waals surface area (Å²) < 4.78 is 0. The van der Waals surface area contributed by atoms with E-state index in [1.807, 2.05) is 4.90 Å². The first-order valence-corrected chi connectivity index (χ1v) is 6.43. The van der Waals surface area contributed by atoms with Crippen LogP contribution < -0.4 is 10.6 Å². The molecule has 0 bridgehead atoms. The molecule has 1 aromatic rings. The van der Waals surface area contributed by atoms with Crippen molar-refractivity contribution in [3.8, 4) is 0 Å². The highest BCUT2D eigenvalue weighted by atomic mass is 16.6. The average Bonchev–Trinajstić information content (AvgIpc) is 2.86. The van der Waals surface area contributed by atoms with Crippen LogP contribution >= 0.6 is 0 Å². The highest BCUT2D eigenvalue weighted by molar-refractivity contribution is 5.87. The van der Waals surface area contributed by atoms with Crippen LogP contribution in [0, 0.1) is 10.1 Å². The number of nitrogens with zero attached hydrogens (tertiary/aromatic N) is 3. The van der Waals surface area contributed by atoms with Gasteiger partial charge in [0.1, 0.15) is 6.04 Å². The fourth-order valence-corrected chi connectivity index (χ4v) is 2.53. The van der Waals surface area contributed by atoms with E-state index in [4.69, 9.17) is 5.73 Å². The van der Waals surface area contributed by atoms with E-state index in [0.29, 0.717) is 11.4 Å². The number of likely N-dealkylation sites (N-methyl/N-ethyl adjacent to an activating group) is 1. The first kappa shape index (κ1) is 14.1. The summed E-state index contributed by atoms with van der Waals surface area (Å²) in [5.74, 6) is 0.0280. The lowest BCUT2D eigenvalue weighted by atomic mass is 10.1. The maximum absolute atomic E-state index is 12.2. The molecule has 1 atom stereocenters. The van der Waals surface area contributed by atoms with Gasteiger partial charge in [-0.2, -0.15) is 0 Å². The molecule has 7 nitrogen and oxygen atoms in total. The Kier molecular flexibility index (Phi) is 3.78. The van der Waals surface area contributed by atoms with E-state index in [-0.39, 0.29) is 17.6 Å². The summed E-state index contributed by atoms with van der Waals surface area (Å²) in [7, 11) is 3.44.